The second kappa shape index (κ2) is 7.12. The fraction of sp³-hybridized carbons (Fsp3) is 0.0952. The fourth-order valence-corrected chi connectivity index (χ4v) is 3.54. The van der Waals surface area contributed by atoms with Gasteiger partial charge >= 0.3 is 0 Å². The molecule has 4 rings (SSSR count). The van der Waals surface area contributed by atoms with Gasteiger partial charge in [0.05, 0.1) is 17.6 Å². The molecule has 0 spiro atoms. The highest BCUT2D eigenvalue weighted by Crippen LogP contribution is 2.28. The van der Waals surface area contributed by atoms with Crippen molar-refractivity contribution in [1.29, 1.82) is 0 Å². The molecule has 0 aliphatic rings. The molecule has 1 N–H and O–H groups in total. The number of benzene rings is 3. The molecule has 0 saturated carbocycles. The van der Waals surface area contributed by atoms with Gasteiger partial charge in [-0.05, 0) is 35.4 Å². The largest absolute Gasteiger partial charge is 0.380 e. The van der Waals surface area contributed by atoms with Crippen molar-refractivity contribution >= 4 is 34.2 Å². The Bertz CT molecular complexity index is 1060. The topological polar surface area (TPSA) is 38.1 Å². The molecule has 0 aliphatic heterocycles. The van der Waals surface area contributed by atoms with Gasteiger partial charge in [0.15, 0.2) is 0 Å². The number of aromatic nitrogens is 2. The number of rotatable bonds is 4. The first-order valence-electron chi connectivity index (χ1n) is 8.25. The second-order valence-corrected chi connectivity index (χ2v) is 6.94. The Morgan fingerprint density at radius 3 is 2.42 bits per heavy atom. The molecular weight excluding hydrogens is 367 g/mol. The first-order chi connectivity index (χ1) is 12.6. The zero-order valence-corrected chi connectivity index (χ0v) is 15.3. The number of aliphatic hydroxyl groups is 1. The van der Waals surface area contributed by atoms with E-state index in [0.717, 1.165) is 22.2 Å². The predicted octanol–water partition coefficient (Wildman–Crippen LogP) is 5.47. The molecule has 0 aliphatic carbocycles. The molecule has 0 fully saturated rings. The van der Waals surface area contributed by atoms with Crippen LogP contribution in [0.1, 0.15) is 23.1 Å². The Morgan fingerprint density at radius 2 is 1.65 bits per heavy atom. The Kier molecular flexibility index (Phi) is 4.68. The van der Waals surface area contributed by atoms with Crippen molar-refractivity contribution in [2.24, 2.45) is 0 Å². The van der Waals surface area contributed by atoms with Gasteiger partial charge in [-0.25, -0.2) is 4.98 Å². The third kappa shape index (κ3) is 3.21. The van der Waals surface area contributed by atoms with Crippen LogP contribution in [0.25, 0.3) is 11.0 Å². The summed E-state index contributed by atoms with van der Waals surface area (Å²) < 4.78 is 2.00. The third-order valence-corrected chi connectivity index (χ3v) is 4.97. The fourth-order valence-electron chi connectivity index (χ4n) is 3.07. The van der Waals surface area contributed by atoms with Crippen LogP contribution in [-0.2, 0) is 6.54 Å². The van der Waals surface area contributed by atoms with Crippen LogP contribution in [0.2, 0.25) is 10.0 Å². The zero-order valence-electron chi connectivity index (χ0n) is 13.8. The standard InChI is InChI=1S/C21H16Cl2N2O/c22-16-11-10-15(17(23)12-16)13-25-19-9-5-4-8-18(19)24-21(25)20(26)14-6-2-1-3-7-14/h1-12,20,26H,13H2/t20-/m1/s1. The maximum Gasteiger partial charge on any atom is 0.143 e. The van der Waals surface area contributed by atoms with E-state index < -0.39 is 6.10 Å². The van der Waals surface area contributed by atoms with E-state index in [-0.39, 0.29) is 0 Å². The van der Waals surface area contributed by atoms with Crippen LogP contribution in [0.5, 0.6) is 0 Å². The van der Waals surface area contributed by atoms with Crippen LogP contribution in [0.4, 0.5) is 0 Å². The number of para-hydroxylation sites is 2. The van der Waals surface area contributed by atoms with E-state index >= 15 is 0 Å². The Morgan fingerprint density at radius 1 is 0.923 bits per heavy atom. The summed E-state index contributed by atoms with van der Waals surface area (Å²) in [5.41, 5.74) is 3.50. The van der Waals surface area contributed by atoms with Crippen molar-refractivity contribution < 1.29 is 5.11 Å². The number of fused-ring (bicyclic) bond motifs is 1. The van der Waals surface area contributed by atoms with Crippen molar-refractivity contribution in [3.8, 4) is 0 Å². The highest BCUT2D eigenvalue weighted by molar-refractivity contribution is 6.35. The summed E-state index contributed by atoms with van der Waals surface area (Å²) in [6.45, 7) is 0.496. The van der Waals surface area contributed by atoms with E-state index in [9.17, 15) is 5.11 Å². The van der Waals surface area contributed by atoms with Crippen molar-refractivity contribution in [2.45, 2.75) is 12.6 Å². The van der Waals surface area contributed by atoms with E-state index in [2.05, 4.69) is 4.98 Å². The summed E-state index contributed by atoms with van der Waals surface area (Å²) in [5.74, 6) is 0.586. The number of hydrogen-bond donors (Lipinski definition) is 1. The highest BCUT2D eigenvalue weighted by Gasteiger charge is 2.20. The van der Waals surface area contributed by atoms with Crippen molar-refractivity contribution in [3.63, 3.8) is 0 Å². The summed E-state index contributed by atoms with van der Waals surface area (Å²) in [5, 5.41) is 12.1. The van der Waals surface area contributed by atoms with Gasteiger partial charge in [0.2, 0.25) is 0 Å². The maximum absolute atomic E-state index is 10.9. The van der Waals surface area contributed by atoms with E-state index in [1.807, 2.05) is 71.3 Å². The normalized spacial score (nSPS) is 12.4. The molecule has 1 aromatic heterocycles. The summed E-state index contributed by atoms with van der Waals surface area (Å²) >= 11 is 12.4. The second-order valence-electron chi connectivity index (χ2n) is 6.09. The van der Waals surface area contributed by atoms with Crippen molar-refractivity contribution in [1.82, 2.24) is 9.55 Å². The van der Waals surface area contributed by atoms with Gasteiger partial charge in [-0.15, -0.1) is 0 Å². The van der Waals surface area contributed by atoms with Gasteiger partial charge in [0.25, 0.3) is 0 Å². The zero-order chi connectivity index (χ0) is 18.1. The van der Waals surface area contributed by atoms with E-state index in [4.69, 9.17) is 23.2 Å². The van der Waals surface area contributed by atoms with Crippen LogP contribution in [0.15, 0.2) is 72.8 Å². The minimum Gasteiger partial charge on any atom is -0.380 e. The first kappa shape index (κ1) is 17.1. The molecule has 0 amide bonds. The number of hydrogen-bond acceptors (Lipinski definition) is 2. The van der Waals surface area contributed by atoms with Crippen LogP contribution in [-0.4, -0.2) is 14.7 Å². The van der Waals surface area contributed by atoms with E-state index in [1.165, 1.54) is 0 Å². The van der Waals surface area contributed by atoms with Crippen molar-refractivity contribution in [3.05, 3.63) is 99.8 Å². The lowest BCUT2D eigenvalue weighted by Crippen LogP contribution is -2.11. The lowest BCUT2D eigenvalue weighted by Gasteiger charge is -2.15. The van der Waals surface area contributed by atoms with Gasteiger partial charge in [-0.3, -0.25) is 0 Å². The summed E-state index contributed by atoms with van der Waals surface area (Å²) in [6.07, 6.45) is -0.824. The summed E-state index contributed by atoms with van der Waals surface area (Å²) in [4.78, 5) is 4.68. The SMILES string of the molecule is O[C@H](c1ccccc1)c1nc2ccccc2n1Cc1ccc(Cl)cc1Cl. The number of halogens is 2. The lowest BCUT2D eigenvalue weighted by atomic mass is 10.1. The molecule has 0 radical (unpaired) electrons. The summed E-state index contributed by atoms with van der Waals surface area (Å²) in [7, 11) is 0. The maximum atomic E-state index is 10.9. The molecule has 1 atom stereocenters. The Hall–Kier alpha value is -2.33. The predicted molar refractivity (Wildman–Crippen MR) is 106 cm³/mol. The first-order valence-corrected chi connectivity index (χ1v) is 9.01. The molecule has 3 nitrogen and oxygen atoms in total. The van der Waals surface area contributed by atoms with Crippen LogP contribution in [0.3, 0.4) is 0 Å². The molecule has 130 valence electrons. The van der Waals surface area contributed by atoms with E-state index in [1.54, 1.807) is 6.07 Å². The Balaban J connectivity index is 1.84. The molecule has 0 bridgehead atoms. The Labute approximate surface area is 161 Å². The minimum absolute atomic E-state index is 0.496. The van der Waals surface area contributed by atoms with Gasteiger partial charge in [0, 0.05) is 10.0 Å². The molecular formula is C21H16Cl2N2O. The monoisotopic (exact) mass is 382 g/mol. The average Bonchev–Trinajstić information content (AvgIpc) is 3.02. The smallest absolute Gasteiger partial charge is 0.143 e. The molecule has 0 unspecified atom stereocenters. The number of imidazole rings is 1. The number of nitrogens with zero attached hydrogens (tertiary/aromatic N) is 2. The third-order valence-electron chi connectivity index (χ3n) is 4.39. The molecule has 0 saturated heterocycles. The summed E-state index contributed by atoms with van der Waals surface area (Å²) in [6, 6.07) is 22.8. The molecule has 3 aromatic carbocycles. The minimum atomic E-state index is -0.824. The lowest BCUT2D eigenvalue weighted by molar-refractivity contribution is 0.206. The average molecular weight is 383 g/mol. The molecule has 26 heavy (non-hydrogen) atoms. The molecule has 5 heteroatoms. The quantitative estimate of drug-likeness (QED) is 0.507. The van der Waals surface area contributed by atoms with Gasteiger partial charge in [-0.2, -0.15) is 0 Å². The van der Waals surface area contributed by atoms with Gasteiger partial charge < -0.3 is 9.67 Å². The van der Waals surface area contributed by atoms with Crippen molar-refractivity contribution in [2.75, 3.05) is 0 Å². The molecule has 1 heterocycles. The van der Waals surface area contributed by atoms with E-state index in [0.29, 0.717) is 22.4 Å². The van der Waals surface area contributed by atoms with Crippen LogP contribution >= 0.6 is 23.2 Å². The van der Waals surface area contributed by atoms with Crippen LogP contribution < -0.4 is 0 Å². The highest BCUT2D eigenvalue weighted by atomic mass is 35.5. The molecule has 4 aromatic rings. The van der Waals surface area contributed by atoms with Gasteiger partial charge in [-0.1, -0.05) is 71.7 Å². The number of aliphatic hydroxyl groups excluding tert-OH is 1. The van der Waals surface area contributed by atoms with Gasteiger partial charge in [0.1, 0.15) is 11.9 Å². The van der Waals surface area contributed by atoms with Crippen LogP contribution in [0, 0.1) is 0 Å².